The van der Waals surface area contributed by atoms with E-state index in [-0.39, 0.29) is 11.8 Å². The summed E-state index contributed by atoms with van der Waals surface area (Å²) >= 11 is 0. The fourth-order valence-electron chi connectivity index (χ4n) is 4.30. The molecule has 9 heteroatoms. The highest BCUT2D eigenvalue weighted by Crippen LogP contribution is 2.25. The van der Waals surface area contributed by atoms with E-state index < -0.39 is 0 Å². The Morgan fingerprint density at radius 1 is 1.06 bits per heavy atom. The maximum Gasteiger partial charge on any atom is 0.272 e. The van der Waals surface area contributed by atoms with Crippen LogP contribution >= 0.6 is 0 Å². The van der Waals surface area contributed by atoms with Crippen LogP contribution in [-0.4, -0.2) is 50.1 Å². The average molecular weight is 483 g/mol. The molecule has 1 aromatic carbocycles. The molecule has 9 nitrogen and oxygen atoms in total. The number of nitrogens with zero attached hydrogens (tertiary/aromatic N) is 5. The van der Waals surface area contributed by atoms with Crippen molar-refractivity contribution < 1.29 is 14.3 Å². The van der Waals surface area contributed by atoms with Gasteiger partial charge in [0.1, 0.15) is 5.75 Å². The average Bonchev–Trinajstić information content (AvgIpc) is 3.30. The number of amides is 2. The van der Waals surface area contributed by atoms with E-state index in [9.17, 15) is 9.59 Å². The zero-order chi connectivity index (χ0) is 24.9. The molecule has 182 valence electrons. The number of nitrogens with one attached hydrogen (secondary N) is 1. The zero-order valence-corrected chi connectivity index (χ0v) is 19.9. The van der Waals surface area contributed by atoms with Gasteiger partial charge in [0.05, 0.1) is 31.5 Å². The van der Waals surface area contributed by atoms with Gasteiger partial charge in [0.2, 0.25) is 0 Å². The van der Waals surface area contributed by atoms with Gasteiger partial charge in [-0.2, -0.15) is 5.10 Å². The SMILES string of the molecule is COc1ccc(CNC(=O)c2nn(Cc3ccccn3)c3c2CN(C(=O)c2cccnc2)CC3)cc1. The van der Waals surface area contributed by atoms with Crippen molar-refractivity contribution in [3.05, 3.63) is 107 Å². The first-order chi connectivity index (χ1) is 17.6. The van der Waals surface area contributed by atoms with E-state index in [1.807, 2.05) is 47.1 Å². The van der Waals surface area contributed by atoms with Crippen LogP contribution in [0.25, 0.3) is 0 Å². The standard InChI is InChI=1S/C27H26N6O3/c1-36-22-9-7-19(8-10-22)15-30-26(34)25-23-18-32(27(35)20-5-4-12-28-16-20)14-11-24(23)33(31-25)17-21-6-2-3-13-29-21/h2-10,12-13,16H,11,14-15,17-18H2,1H3,(H,30,34). The molecule has 1 N–H and O–H groups in total. The predicted octanol–water partition coefficient (Wildman–Crippen LogP) is 2.86. The van der Waals surface area contributed by atoms with E-state index in [4.69, 9.17) is 4.74 Å². The molecule has 1 aliphatic rings. The van der Waals surface area contributed by atoms with Crippen LogP contribution in [0.4, 0.5) is 0 Å². The van der Waals surface area contributed by atoms with Gasteiger partial charge in [-0.1, -0.05) is 18.2 Å². The minimum Gasteiger partial charge on any atom is -0.497 e. The van der Waals surface area contributed by atoms with Crippen molar-refractivity contribution in [3.63, 3.8) is 0 Å². The van der Waals surface area contributed by atoms with Crippen LogP contribution in [0, 0.1) is 0 Å². The highest BCUT2D eigenvalue weighted by molar-refractivity contribution is 5.96. The van der Waals surface area contributed by atoms with Crippen LogP contribution in [0.5, 0.6) is 5.75 Å². The Bertz CT molecular complexity index is 1350. The van der Waals surface area contributed by atoms with E-state index in [0.717, 1.165) is 28.3 Å². The fourth-order valence-corrected chi connectivity index (χ4v) is 4.30. The minimum absolute atomic E-state index is 0.115. The molecule has 5 rings (SSSR count). The van der Waals surface area contributed by atoms with Gasteiger partial charge in [0.15, 0.2) is 5.69 Å². The number of carbonyl (C=O) groups excluding carboxylic acids is 2. The molecule has 2 amide bonds. The Hall–Kier alpha value is -4.53. The first-order valence-electron chi connectivity index (χ1n) is 11.7. The van der Waals surface area contributed by atoms with E-state index in [1.54, 1.807) is 42.7 Å². The van der Waals surface area contributed by atoms with Crippen molar-refractivity contribution in [2.24, 2.45) is 0 Å². The van der Waals surface area contributed by atoms with Gasteiger partial charge in [-0.15, -0.1) is 0 Å². The lowest BCUT2D eigenvalue weighted by Gasteiger charge is -2.28. The van der Waals surface area contributed by atoms with Crippen molar-refractivity contribution in [1.82, 2.24) is 30.0 Å². The number of fused-ring (bicyclic) bond motifs is 1. The summed E-state index contributed by atoms with van der Waals surface area (Å²) in [5.41, 5.74) is 4.36. The Morgan fingerprint density at radius 3 is 2.64 bits per heavy atom. The Labute approximate surface area is 208 Å². The number of pyridine rings is 2. The molecule has 3 aromatic heterocycles. The number of hydrogen-bond donors (Lipinski definition) is 1. The third-order valence-corrected chi connectivity index (χ3v) is 6.19. The second-order valence-corrected chi connectivity index (χ2v) is 8.50. The second kappa shape index (κ2) is 10.4. The Kier molecular flexibility index (Phi) is 6.70. The van der Waals surface area contributed by atoms with Crippen LogP contribution in [0.2, 0.25) is 0 Å². The van der Waals surface area contributed by atoms with Crippen molar-refractivity contribution in [2.45, 2.75) is 26.1 Å². The molecule has 0 bridgehead atoms. The summed E-state index contributed by atoms with van der Waals surface area (Å²) in [6, 6.07) is 16.7. The van der Waals surface area contributed by atoms with Gasteiger partial charge in [-0.3, -0.25) is 24.2 Å². The number of rotatable bonds is 7. The number of hydrogen-bond acceptors (Lipinski definition) is 6. The molecule has 0 spiro atoms. The van der Waals surface area contributed by atoms with Crippen LogP contribution in [0.1, 0.15) is 43.4 Å². The van der Waals surface area contributed by atoms with Crippen LogP contribution in [-0.2, 0) is 26.1 Å². The normalized spacial score (nSPS) is 12.6. The minimum atomic E-state index is -0.280. The first-order valence-corrected chi connectivity index (χ1v) is 11.7. The quantitative estimate of drug-likeness (QED) is 0.435. The van der Waals surface area contributed by atoms with Gasteiger partial charge in [0, 0.05) is 49.4 Å². The molecule has 0 atom stereocenters. The Morgan fingerprint density at radius 2 is 1.92 bits per heavy atom. The van der Waals surface area contributed by atoms with Gasteiger partial charge < -0.3 is 15.0 Å². The van der Waals surface area contributed by atoms with Crippen LogP contribution in [0.3, 0.4) is 0 Å². The molecular formula is C27H26N6O3. The van der Waals surface area contributed by atoms with Crippen molar-refractivity contribution in [2.75, 3.05) is 13.7 Å². The summed E-state index contributed by atoms with van der Waals surface area (Å²) in [5, 5.41) is 7.66. The zero-order valence-electron chi connectivity index (χ0n) is 19.9. The number of benzene rings is 1. The summed E-state index contributed by atoms with van der Waals surface area (Å²) in [4.78, 5) is 36.6. The van der Waals surface area contributed by atoms with E-state index in [0.29, 0.717) is 43.9 Å². The largest absolute Gasteiger partial charge is 0.497 e. The molecule has 0 fully saturated rings. The number of carbonyl (C=O) groups is 2. The topological polar surface area (TPSA) is 102 Å². The van der Waals surface area contributed by atoms with E-state index in [2.05, 4.69) is 20.4 Å². The monoisotopic (exact) mass is 482 g/mol. The molecule has 0 saturated heterocycles. The third kappa shape index (κ3) is 4.95. The molecule has 1 aliphatic heterocycles. The summed E-state index contributed by atoms with van der Waals surface area (Å²) < 4.78 is 7.04. The molecular weight excluding hydrogens is 456 g/mol. The van der Waals surface area contributed by atoms with Crippen molar-refractivity contribution in [1.29, 1.82) is 0 Å². The van der Waals surface area contributed by atoms with Crippen molar-refractivity contribution in [3.8, 4) is 5.75 Å². The summed E-state index contributed by atoms with van der Waals surface area (Å²) in [6.45, 7) is 1.63. The maximum absolute atomic E-state index is 13.3. The molecule has 36 heavy (non-hydrogen) atoms. The molecule has 4 aromatic rings. The third-order valence-electron chi connectivity index (χ3n) is 6.19. The molecule has 0 aliphatic carbocycles. The fraction of sp³-hybridized carbons (Fsp3) is 0.222. The van der Waals surface area contributed by atoms with Crippen LogP contribution < -0.4 is 10.1 Å². The highest BCUT2D eigenvalue weighted by atomic mass is 16.5. The second-order valence-electron chi connectivity index (χ2n) is 8.50. The van der Waals surface area contributed by atoms with Crippen LogP contribution in [0.15, 0.2) is 73.2 Å². The number of aromatic nitrogens is 4. The van der Waals surface area contributed by atoms with Gasteiger partial charge in [-0.05, 0) is 42.0 Å². The lowest BCUT2D eigenvalue weighted by Crippen LogP contribution is -2.37. The maximum atomic E-state index is 13.3. The lowest BCUT2D eigenvalue weighted by molar-refractivity contribution is 0.0730. The Balaban J connectivity index is 1.40. The van der Waals surface area contributed by atoms with Gasteiger partial charge in [0.25, 0.3) is 11.8 Å². The van der Waals surface area contributed by atoms with E-state index >= 15 is 0 Å². The predicted molar refractivity (Wildman–Crippen MR) is 132 cm³/mol. The summed E-state index contributed by atoms with van der Waals surface area (Å²) in [7, 11) is 1.61. The molecule has 0 unspecified atom stereocenters. The van der Waals surface area contributed by atoms with E-state index in [1.165, 1.54) is 0 Å². The van der Waals surface area contributed by atoms with Gasteiger partial charge in [-0.25, -0.2) is 0 Å². The smallest absolute Gasteiger partial charge is 0.272 e. The molecule has 0 saturated carbocycles. The molecule has 4 heterocycles. The summed E-state index contributed by atoms with van der Waals surface area (Å²) in [5.74, 6) is 0.360. The van der Waals surface area contributed by atoms with Crippen molar-refractivity contribution >= 4 is 11.8 Å². The number of methoxy groups -OCH3 is 1. The lowest BCUT2D eigenvalue weighted by atomic mass is 10.0. The first kappa shape index (κ1) is 23.2. The molecule has 0 radical (unpaired) electrons. The van der Waals surface area contributed by atoms with Gasteiger partial charge >= 0.3 is 0 Å². The number of ether oxygens (including phenoxy) is 1. The summed E-state index contributed by atoms with van der Waals surface area (Å²) in [6.07, 6.45) is 5.53. The highest BCUT2D eigenvalue weighted by Gasteiger charge is 2.30.